The highest BCUT2D eigenvalue weighted by molar-refractivity contribution is 5.84. The molecule has 0 aromatic rings. The molecule has 9 aliphatic rings. The number of carbonyl (C=O) groups excluding carboxylic acids is 4. The second-order valence-corrected chi connectivity index (χ2v) is 13.6. The number of hydrogen-bond donors (Lipinski definition) is 0. The zero-order chi connectivity index (χ0) is 24.8. The quantitative estimate of drug-likeness (QED) is 0.368. The third-order valence-corrected chi connectivity index (χ3v) is 11.0. The van der Waals surface area contributed by atoms with Crippen LogP contribution in [0.2, 0.25) is 0 Å². The number of carbonyl (C=O) groups is 4. The van der Waals surface area contributed by atoms with Crippen LogP contribution in [0.3, 0.4) is 0 Å². The van der Waals surface area contributed by atoms with Crippen LogP contribution in [0.5, 0.6) is 0 Å². The molecular weight excluding hydrogens is 464 g/mol. The Morgan fingerprint density at radius 1 is 0.417 bits per heavy atom. The third-order valence-electron chi connectivity index (χ3n) is 11.0. The van der Waals surface area contributed by atoms with Crippen molar-refractivity contribution < 1.29 is 38.1 Å². The minimum atomic E-state index is -0.655. The topological polar surface area (TPSA) is 105 Å². The van der Waals surface area contributed by atoms with Crippen LogP contribution in [0, 0.1) is 45.3 Å². The smallest absolute Gasteiger partial charge is 0.312 e. The predicted molar refractivity (Wildman–Crippen MR) is 123 cm³/mol. The van der Waals surface area contributed by atoms with Gasteiger partial charge in [-0.2, -0.15) is 0 Å². The Bertz CT molecular complexity index is 835. The number of rotatable bonds is 0. The van der Waals surface area contributed by atoms with E-state index >= 15 is 0 Å². The van der Waals surface area contributed by atoms with Crippen LogP contribution in [-0.2, 0) is 38.1 Å². The van der Waals surface area contributed by atoms with Gasteiger partial charge in [0.2, 0.25) is 0 Å². The molecule has 8 saturated carbocycles. The number of cyclic esters (lactones) is 4. The predicted octanol–water partition coefficient (Wildman–Crippen LogP) is 3.35. The highest BCUT2D eigenvalue weighted by Gasteiger charge is 2.66. The zero-order valence-corrected chi connectivity index (χ0v) is 20.9. The first-order valence-corrected chi connectivity index (χ1v) is 13.9. The summed E-state index contributed by atoms with van der Waals surface area (Å²) in [4.78, 5) is 53.4. The van der Waals surface area contributed by atoms with Crippen molar-refractivity contribution in [2.45, 2.75) is 77.0 Å². The van der Waals surface area contributed by atoms with E-state index in [9.17, 15) is 19.2 Å². The van der Waals surface area contributed by atoms with Crippen LogP contribution in [-0.4, -0.2) is 50.3 Å². The van der Waals surface area contributed by atoms with Crippen molar-refractivity contribution in [1.82, 2.24) is 0 Å². The fourth-order valence-corrected chi connectivity index (χ4v) is 10.6. The van der Waals surface area contributed by atoms with Crippen LogP contribution >= 0.6 is 0 Å². The molecule has 196 valence electrons. The molecule has 8 bridgehead atoms. The van der Waals surface area contributed by atoms with Gasteiger partial charge in [-0.25, -0.2) is 0 Å². The Morgan fingerprint density at radius 3 is 0.861 bits per heavy atom. The van der Waals surface area contributed by atoms with Crippen molar-refractivity contribution in [1.29, 1.82) is 0 Å². The van der Waals surface area contributed by atoms with Gasteiger partial charge in [0.1, 0.15) is 26.4 Å². The molecule has 8 nitrogen and oxygen atoms in total. The highest BCUT2D eigenvalue weighted by atomic mass is 16.6. The molecule has 0 N–H and O–H groups in total. The van der Waals surface area contributed by atoms with E-state index in [-0.39, 0.29) is 50.3 Å². The summed E-state index contributed by atoms with van der Waals surface area (Å²) in [6.45, 7) is 0.0922. The number of hydrogen-bond acceptors (Lipinski definition) is 8. The average Bonchev–Trinajstić information content (AvgIpc) is 2.81. The van der Waals surface area contributed by atoms with Gasteiger partial charge in [0.15, 0.2) is 0 Å². The molecule has 4 spiro atoms. The van der Waals surface area contributed by atoms with Gasteiger partial charge in [-0.3, -0.25) is 19.2 Å². The molecule has 1 heterocycles. The SMILES string of the molecule is O=C1OCCOC(=O)C23CC4CC(C2)CC(C4)(C3)C(=O)OCCOC(=O)C23CC4CC(CC1(C4)C2)C3. The second kappa shape index (κ2) is 7.70. The third kappa shape index (κ3) is 3.31. The van der Waals surface area contributed by atoms with Gasteiger partial charge in [0.25, 0.3) is 0 Å². The maximum absolute atomic E-state index is 13.4. The molecule has 0 aromatic heterocycles. The summed E-state index contributed by atoms with van der Waals surface area (Å²) in [7, 11) is 0. The summed E-state index contributed by atoms with van der Waals surface area (Å²) in [5.41, 5.74) is -2.62. The molecule has 1 aliphatic heterocycles. The van der Waals surface area contributed by atoms with Gasteiger partial charge >= 0.3 is 23.9 Å². The summed E-state index contributed by atoms with van der Waals surface area (Å²) >= 11 is 0. The Hall–Kier alpha value is -2.12. The van der Waals surface area contributed by atoms with E-state index in [4.69, 9.17) is 18.9 Å². The molecule has 0 unspecified atom stereocenters. The van der Waals surface area contributed by atoms with Crippen molar-refractivity contribution >= 4 is 23.9 Å². The van der Waals surface area contributed by atoms with E-state index in [0.29, 0.717) is 36.5 Å². The molecule has 36 heavy (non-hydrogen) atoms. The van der Waals surface area contributed by atoms with Gasteiger partial charge in [-0.05, 0) is 101 Å². The first-order valence-electron chi connectivity index (χ1n) is 13.9. The van der Waals surface area contributed by atoms with E-state index in [1.807, 2.05) is 0 Å². The van der Waals surface area contributed by atoms with Crippen molar-refractivity contribution in [3.63, 3.8) is 0 Å². The first kappa shape index (κ1) is 23.0. The zero-order valence-electron chi connectivity index (χ0n) is 20.9. The Kier molecular flexibility index (Phi) is 4.93. The average molecular weight is 501 g/mol. The van der Waals surface area contributed by atoms with Gasteiger partial charge in [-0.15, -0.1) is 0 Å². The number of ether oxygens (including phenoxy) is 4. The summed E-state index contributed by atoms with van der Waals surface area (Å²) < 4.78 is 22.8. The van der Waals surface area contributed by atoms with E-state index in [1.165, 1.54) is 0 Å². The Morgan fingerprint density at radius 2 is 0.639 bits per heavy atom. The van der Waals surface area contributed by atoms with Gasteiger partial charge in [-0.1, -0.05) is 0 Å². The largest absolute Gasteiger partial charge is 0.462 e. The minimum absolute atomic E-state index is 0.0230. The molecule has 0 amide bonds. The first-order chi connectivity index (χ1) is 17.2. The fraction of sp³-hybridized carbons (Fsp3) is 0.857. The van der Waals surface area contributed by atoms with Crippen LogP contribution in [0.4, 0.5) is 0 Å². The lowest BCUT2D eigenvalue weighted by Crippen LogP contribution is -2.59. The van der Waals surface area contributed by atoms with Crippen molar-refractivity contribution in [3.8, 4) is 0 Å². The van der Waals surface area contributed by atoms with Crippen LogP contribution in [0.25, 0.3) is 0 Å². The minimum Gasteiger partial charge on any atom is -0.462 e. The Balaban J connectivity index is 1.15. The highest BCUT2D eigenvalue weighted by Crippen LogP contribution is 2.67. The van der Waals surface area contributed by atoms with Crippen molar-refractivity contribution in [3.05, 3.63) is 0 Å². The van der Waals surface area contributed by atoms with Gasteiger partial charge in [0, 0.05) is 0 Å². The molecule has 0 atom stereocenters. The van der Waals surface area contributed by atoms with E-state index in [1.54, 1.807) is 0 Å². The second-order valence-electron chi connectivity index (χ2n) is 13.6. The summed E-state index contributed by atoms with van der Waals surface area (Å²) in [5, 5.41) is 0. The van der Waals surface area contributed by atoms with Gasteiger partial charge in [0.05, 0.1) is 21.7 Å². The van der Waals surface area contributed by atoms with Crippen LogP contribution in [0.1, 0.15) is 77.0 Å². The summed E-state index contributed by atoms with van der Waals surface area (Å²) in [6, 6.07) is 0. The van der Waals surface area contributed by atoms with Gasteiger partial charge < -0.3 is 18.9 Å². The molecule has 9 rings (SSSR count). The molecule has 8 aliphatic carbocycles. The lowest BCUT2D eigenvalue weighted by molar-refractivity contribution is -0.203. The monoisotopic (exact) mass is 500 g/mol. The normalized spacial score (nSPS) is 50.0. The molecule has 8 heteroatoms. The Labute approximate surface area is 211 Å². The molecule has 0 radical (unpaired) electrons. The van der Waals surface area contributed by atoms with Crippen LogP contribution in [0.15, 0.2) is 0 Å². The van der Waals surface area contributed by atoms with Crippen LogP contribution < -0.4 is 0 Å². The van der Waals surface area contributed by atoms with Crippen molar-refractivity contribution in [2.75, 3.05) is 26.4 Å². The maximum Gasteiger partial charge on any atom is 0.312 e. The van der Waals surface area contributed by atoms with Crippen molar-refractivity contribution in [2.24, 2.45) is 45.3 Å². The van der Waals surface area contributed by atoms with E-state index in [2.05, 4.69) is 0 Å². The lowest BCUT2D eigenvalue weighted by Gasteiger charge is -2.59. The summed E-state index contributed by atoms with van der Waals surface area (Å²) in [5.74, 6) is 0.239. The van der Waals surface area contributed by atoms with E-state index < -0.39 is 21.7 Å². The molecule has 9 fully saturated rings. The maximum atomic E-state index is 13.4. The molecule has 0 aromatic carbocycles. The lowest BCUT2D eigenvalue weighted by atomic mass is 9.44. The van der Waals surface area contributed by atoms with E-state index in [0.717, 1.165) is 64.2 Å². The standard InChI is InChI=1S/C28H36O8/c29-21-25-7-17-5-18(8-25)12-27(11-17,15-25)23(31)35-3-4-36-24(32)28-13-19-6-20(14-28)10-26(9-19,16-28)22(30)34-2-1-33-21/h17-20H,1-16H2. The molecular formula is C28H36O8. The number of esters is 4. The fourth-order valence-electron chi connectivity index (χ4n) is 10.6. The molecule has 1 saturated heterocycles. The summed E-state index contributed by atoms with van der Waals surface area (Å²) in [6.07, 6.45) is 9.03.